The van der Waals surface area contributed by atoms with E-state index in [0.29, 0.717) is 5.92 Å². The van der Waals surface area contributed by atoms with Crippen LogP contribution in [-0.4, -0.2) is 42.5 Å². The Labute approximate surface area is 129 Å². The van der Waals surface area contributed by atoms with Crippen LogP contribution in [0.4, 0.5) is 0 Å². The van der Waals surface area contributed by atoms with Gasteiger partial charge in [-0.1, -0.05) is 27.7 Å². The Hall–Kier alpha value is -0.610. The maximum atomic E-state index is 12.6. The molecule has 0 aromatic heterocycles. The van der Waals surface area contributed by atoms with Gasteiger partial charge in [0, 0.05) is 31.1 Å². The van der Waals surface area contributed by atoms with Crippen LogP contribution in [0.2, 0.25) is 0 Å². The summed E-state index contributed by atoms with van der Waals surface area (Å²) in [6.07, 6.45) is 4.54. The van der Waals surface area contributed by atoms with Crippen molar-refractivity contribution >= 4 is 5.91 Å². The molecule has 4 nitrogen and oxygen atoms in total. The topological polar surface area (TPSA) is 58.4 Å². The molecule has 2 aliphatic carbocycles. The second-order valence-electron chi connectivity index (χ2n) is 7.55. The molecule has 0 radical (unpaired) electrons. The minimum absolute atomic E-state index is 0.0112. The average molecular weight is 295 g/mol. The first-order chi connectivity index (χ1) is 9.87. The van der Waals surface area contributed by atoms with Crippen molar-refractivity contribution in [3.8, 4) is 0 Å². The Morgan fingerprint density at radius 1 is 1.29 bits per heavy atom. The van der Waals surface area contributed by atoms with Crippen LogP contribution >= 0.6 is 0 Å². The van der Waals surface area contributed by atoms with Crippen molar-refractivity contribution in [2.75, 3.05) is 19.6 Å². The van der Waals surface area contributed by atoms with Gasteiger partial charge in [0.05, 0.1) is 0 Å². The van der Waals surface area contributed by atoms with Gasteiger partial charge in [0.25, 0.3) is 0 Å². The average Bonchev–Trinajstić information content (AvgIpc) is 3.25. The number of hydrogen-bond acceptors (Lipinski definition) is 3. The molecular formula is C17H33N3O. The number of carbonyl (C=O) groups is 1. The predicted octanol–water partition coefficient (Wildman–Crippen LogP) is 1.99. The number of amides is 1. The van der Waals surface area contributed by atoms with E-state index in [0.717, 1.165) is 38.5 Å². The highest BCUT2D eigenvalue weighted by Gasteiger charge is 2.44. The number of nitrogens with one attached hydrogen (secondary N) is 1. The zero-order valence-corrected chi connectivity index (χ0v) is 14.2. The molecule has 3 N–H and O–H groups in total. The summed E-state index contributed by atoms with van der Waals surface area (Å²) in [5.74, 6) is 0.717. The third-order valence-electron chi connectivity index (χ3n) is 5.99. The smallest absolute Gasteiger partial charge is 0.223 e. The summed E-state index contributed by atoms with van der Waals surface area (Å²) in [7, 11) is 0. The zero-order valence-electron chi connectivity index (χ0n) is 14.2. The van der Waals surface area contributed by atoms with Crippen LogP contribution in [0.3, 0.4) is 0 Å². The first kappa shape index (κ1) is 16.8. The van der Waals surface area contributed by atoms with E-state index < -0.39 is 0 Å². The summed E-state index contributed by atoms with van der Waals surface area (Å²) in [6, 6.07) is 1.01. The van der Waals surface area contributed by atoms with Gasteiger partial charge in [-0.15, -0.1) is 0 Å². The van der Waals surface area contributed by atoms with E-state index in [1.54, 1.807) is 0 Å². The standard InChI is InChI=1S/C17H33N3O/c1-5-20(13-6-7-13)11-10-19-16(21)14-8-9-15(18)12(2)17(14,3)4/h12-15H,5-11,18H2,1-4H3,(H,19,21). The largest absolute Gasteiger partial charge is 0.355 e. The fraction of sp³-hybridized carbons (Fsp3) is 0.941. The summed E-state index contributed by atoms with van der Waals surface area (Å²) in [5, 5.41) is 3.17. The fourth-order valence-corrected chi connectivity index (χ4v) is 3.80. The third-order valence-corrected chi connectivity index (χ3v) is 5.99. The van der Waals surface area contributed by atoms with Gasteiger partial charge in [0.2, 0.25) is 5.91 Å². The highest BCUT2D eigenvalue weighted by molar-refractivity contribution is 5.79. The second kappa shape index (κ2) is 6.66. The Morgan fingerprint density at radius 3 is 2.52 bits per heavy atom. The maximum Gasteiger partial charge on any atom is 0.223 e. The second-order valence-corrected chi connectivity index (χ2v) is 7.55. The monoisotopic (exact) mass is 295 g/mol. The van der Waals surface area contributed by atoms with Crippen molar-refractivity contribution in [2.24, 2.45) is 23.0 Å². The Kier molecular flexibility index (Phi) is 5.31. The van der Waals surface area contributed by atoms with Crippen LogP contribution in [0.25, 0.3) is 0 Å². The number of rotatable bonds is 6. The van der Waals surface area contributed by atoms with Crippen LogP contribution in [0.5, 0.6) is 0 Å². The first-order valence-corrected chi connectivity index (χ1v) is 8.65. The molecule has 21 heavy (non-hydrogen) atoms. The summed E-state index contributed by atoms with van der Waals surface area (Å²) < 4.78 is 0. The van der Waals surface area contributed by atoms with Gasteiger partial charge in [0.1, 0.15) is 0 Å². The van der Waals surface area contributed by atoms with Crippen LogP contribution in [0, 0.1) is 17.3 Å². The zero-order chi connectivity index (χ0) is 15.6. The molecular weight excluding hydrogens is 262 g/mol. The van der Waals surface area contributed by atoms with Crippen molar-refractivity contribution < 1.29 is 4.79 Å². The minimum Gasteiger partial charge on any atom is -0.355 e. The molecule has 4 heteroatoms. The van der Waals surface area contributed by atoms with E-state index in [1.807, 2.05) is 0 Å². The molecule has 0 spiro atoms. The first-order valence-electron chi connectivity index (χ1n) is 8.65. The lowest BCUT2D eigenvalue weighted by Crippen LogP contribution is -2.52. The molecule has 2 fully saturated rings. The number of carbonyl (C=O) groups excluding carboxylic acids is 1. The van der Waals surface area contributed by atoms with Gasteiger partial charge in [-0.25, -0.2) is 0 Å². The van der Waals surface area contributed by atoms with Crippen LogP contribution in [-0.2, 0) is 4.79 Å². The summed E-state index contributed by atoms with van der Waals surface area (Å²) in [5.41, 5.74) is 6.16. The van der Waals surface area contributed by atoms with Crippen molar-refractivity contribution in [3.63, 3.8) is 0 Å². The van der Waals surface area contributed by atoms with E-state index in [-0.39, 0.29) is 23.3 Å². The Morgan fingerprint density at radius 2 is 1.95 bits per heavy atom. The van der Waals surface area contributed by atoms with E-state index >= 15 is 0 Å². The Balaban J connectivity index is 1.82. The molecule has 3 atom stereocenters. The number of hydrogen-bond donors (Lipinski definition) is 2. The Bertz CT molecular complexity index is 365. The lowest BCUT2D eigenvalue weighted by molar-refractivity contribution is -0.132. The number of likely N-dealkylation sites (N-methyl/N-ethyl adjacent to an activating group) is 1. The van der Waals surface area contributed by atoms with E-state index in [9.17, 15) is 4.79 Å². The van der Waals surface area contributed by atoms with Gasteiger partial charge in [-0.3, -0.25) is 9.69 Å². The highest BCUT2D eigenvalue weighted by atomic mass is 16.1. The number of nitrogens with zero attached hydrogens (tertiary/aromatic N) is 1. The molecule has 1 amide bonds. The molecule has 0 saturated heterocycles. The summed E-state index contributed by atoms with van der Waals surface area (Å²) >= 11 is 0. The normalized spacial score (nSPS) is 32.2. The maximum absolute atomic E-state index is 12.6. The van der Waals surface area contributed by atoms with Gasteiger partial charge < -0.3 is 11.1 Å². The molecule has 2 saturated carbocycles. The van der Waals surface area contributed by atoms with Crippen molar-refractivity contribution in [1.82, 2.24) is 10.2 Å². The summed E-state index contributed by atoms with van der Waals surface area (Å²) in [6.45, 7) is 11.6. The lowest BCUT2D eigenvalue weighted by Gasteiger charge is -2.46. The molecule has 0 aliphatic heterocycles. The third kappa shape index (κ3) is 3.78. The highest BCUT2D eigenvalue weighted by Crippen LogP contribution is 2.44. The van der Waals surface area contributed by atoms with Gasteiger partial charge in [0.15, 0.2) is 0 Å². The summed E-state index contributed by atoms with van der Waals surface area (Å²) in [4.78, 5) is 15.0. The number of nitrogens with two attached hydrogens (primary N) is 1. The van der Waals surface area contributed by atoms with Crippen molar-refractivity contribution in [2.45, 2.75) is 65.5 Å². The van der Waals surface area contributed by atoms with E-state index in [1.165, 1.54) is 12.8 Å². The van der Waals surface area contributed by atoms with Crippen LogP contribution in [0.15, 0.2) is 0 Å². The van der Waals surface area contributed by atoms with Gasteiger partial charge >= 0.3 is 0 Å². The van der Waals surface area contributed by atoms with Crippen molar-refractivity contribution in [1.29, 1.82) is 0 Å². The molecule has 2 aliphatic rings. The molecule has 0 aromatic rings. The van der Waals surface area contributed by atoms with E-state index in [2.05, 4.69) is 37.9 Å². The van der Waals surface area contributed by atoms with Crippen LogP contribution < -0.4 is 11.1 Å². The minimum atomic E-state index is -0.0112. The van der Waals surface area contributed by atoms with Gasteiger partial charge in [-0.2, -0.15) is 0 Å². The molecule has 0 aromatic carbocycles. The van der Waals surface area contributed by atoms with E-state index in [4.69, 9.17) is 5.73 Å². The quantitative estimate of drug-likeness (QED) is 0.788. The SMILES string of the molecule is CCN(CCNC(=O)C1CCC(N)C(C)C1(C)C)C1CC1. The molecule has 3 unspecified atom stereocenters. The molecule has 2 rings (SSSR count). The van der Waals surface area contributed by atoms with Gasteiger partial charge in [-0.05, 0) is 43.6 Å². The van der Waals surface area contributed by atoms with Crippen LogP contribution in [0.1, 0.15) is 53.4 Å². The predicted molar refractivity (Wildman–Crippen MR) is 86.9 cm³/mol. The molecule has 0 bridgehead atoms. The lowest BCUT2D eigenvalue weighted by atomic mass is 9.61. The van der Waals surface area contributed by atoms with Crippen molar-refractivity contribution in [3.05, 3.63) is 0 Å². The fourth-order valence-electron chi connectivity index (χ4n) is 3.80. The molecule has 0 heterocycles. The molecule has 122 valence electrons.